The van der Waals surface area contributed by atoms with Gasteiger partial charge in [-0.05, 0) is 31.6 Å². The number of carbonyl (C=O) groups excluding carboxylic acids is 4. The lowest BCUT2D eigenvalue weighted by Gasteiger charge is -2.21. The fourth-order valence-corrected chi connectivity index (χ4v) is 13.8. The van der Waals surface area contributed by atoms with Gasteiger partial charge in [0.2, 0.25) is 0 Å². The van der Waals surface area contributed by atoms with Crippen molar-refractivity contribution in [2.45, 2.75) is 438 Å². The maximum absolute atomic E-state index is 13.1. The van der Waals surface area contributed by atoms with E-state index in [1.54, 1.807) is 0 Å². The molecule has 98 heavy (non-hydrogen) atoms. The molecule has 5 atom stereocenters. The molecule has 17 nitrogen and oxygen atoms in total. The minimum atomic E-state index is -4.96. The number of hydrogen-bond acceptors (Lipinski definition) is 15. The summed E-state index contributed by atoms with van der Waals surface area (Å²) in [5, 5.41) is 10.6. The van der Waals surface area contributed by atoms with Gasteiger partial charge in [-0.3, -0.25) is 37.3 Å². The van der Waals surface area contributed by atoms with Gasteiger partial charge in [0.15, 0.2) is 12.2 Å². The van der Waals surface area contributed by atoms with E-state index in [1.807, 2.05) is 0 Å². The van der Waals surface area contributed by atoms with Gasteiger partial charge in [-0.15, -0.1) is 0 Å². The Balaban J connectivity index is 5.12. The summed E-state index contributed by atoms with van der Waals surface area (Å²) < 4.78 is 68.4. The summed E-state index contributed by atoms with van der Waals surface area (Å²) in [6, 6.07) is 0. The van der Waals surface area contributed by atoms with Gasteiger partial charge in [-0.2, -0.15) is 0 Å². The molecule has 0 aliphatic heterocycles. The SMILES string of the molecule is CCCCCCCCCCCCCCCCCCCCCCC(=O)O[C@H](COC(=O)CCCCCCCCCCCCCCCCCCCCC)COP(=O)(O)OC[C@@H](O)COP(=O)(O)OC[C@@H](COC(=O)CCCCCCC)OC(=O)CCCCCCCCCCCCCC(C)C. The quantitative estimate of drug-likeness (QED) is 0.0222. The molecule has 582 valence electrons. The molecule has 0 aliphatic rings. The third-order valence-corrected chi connectivity index (χ3v) is 20.4. The van der Waals surface area contributed by atoms with E-state index in [2.05, 4.69) is 34.6 Å². The van der Waals surface area contributed by atoms with E-state index in [4.69, 9.17) is 37.0 Å². The molecular weight excluding hydrogens is 1280 g/mol. The number of phosphoric acid groups is 2. The summed E-state index contributed by atoms with van der Waals surface area (Å²) in [6.45, 7) is 7.22. The van der Waals surface area contributed by atoms with Gasteiger partial charge in [0, 0.05) is 25.7 Å². The van der Waals surface area contributed by atoms with Crippen molar-refractivity contribution in [2.24, 2.45) is 5.92 Å². The highest BCUT2D eigenvalue weighted by Crippen LogP contribution is 2.45. The first-order chi connectivity index (χ1) is 47.5. The van der Waals surface area contributed by atoms with Crippen LogP contribution in [0.3, 0.4) is 0 Å². The van der Waals surface area contributed by atoms with Crippen molar-refractivity contribution in [3.05, 3.63) is 0 Å². The topological polar surface area (TPSA) is 237 Å². The van der Waals surface area contributed by atoms with Crippen molar-refractivity contribution in [3.63, 3.8) is 0 Å². The van der Waals surface area contributed by atoms with Crippen LogP contribution in [0.4, 0.5) is 0 Å². The third kappa shape index (κ3) is 72.4. The van der Waals surface area contributed by atoms with E-state index in [-0.39, 0.29) is 25.7 Å². The Morgan fingerprint density at radius 2 is 0.469 bits per heavy atom. The van der Waals surface area contributed by atoms with Gasteiger partial charge in [0.05, 0.1) is 26.4 Å². The largest absolute Gasteiger partial charge is 0.472 e. The Bertz CT molecular complexity index is 1870. The molecule has 0 saturated carbocycles. The smallest absolute Gasteiger partial charge is 0.462 e. The second kappa shape index (κ2) is 72.0. The van der Waals surface area contributed by atoms with Crippen LogP contribution in [-0.2, 0) is 65.4 Å². The zero-order chi connectivity index (χ0) is 71.9. The Hall–Kier alpha value is -1.94. The van der Waals surface area contributed by atoms with Crippen molar-refractivity contribution in [1.82, 2.24) is 0 Å². The van der Waals surface area contributed by atoms with Gasteiger partial charge >= 0.3 is 39.5 Å². The number of unbranched alkanes of at least 4 members (excludes halogenated alkanes) is 51. The summed E-state index contributed by atoms with van der Waals surface area (Å²) in [6.07, 6.45) is 63.0. The standard InChI is InChI=1S/C79H154O17P2/c1-6-9-12-15-17-19-21-23-25-27-29-31-33-35-37-41-45-49-54-59-64-79(84)96-75(69-90-77(82)63-58-53-48-44-40-36-34-32-30-28-26-24-22-20-18-16-13-10-7-2)71-94-98(87,88)92-67-73(80)66-91-97(85,86)93-70-74(68-89-76(81)62-57-51-14-11-8-3)95-78(83)65-60-55-50-46-42-38-39-43-47-52-56-61-72(4)5/h72-75,80H,6-71H2,1-5H3,(H,85,86)(H,87,88)/t73-,74+,75+/m0/s1. The average Bonchev–Trinajstić information content (AvgIpc) is 0.974. The highest BCUT2D eigenvalue weighted by Gasteiger charge is 2.30. The number of rotatable bonds is 79. The van der Waals surface area contributed by atoms with Crippen molar-refractivity contribution >= 4 is 39.5 Å². The van der Waals surface area contributed by atoms with E-state index in [0.717, 1.165) is 102 Å². The summed E-state index contributed by atoms with van der Waals surface area (Å²) in [5.74, 6) is -1.36. The third-order valence-electron chi connectivity index (χ3n) is 18.5. The van der Waals surface area contributed by atoms with E-state index < -0.39 is 97.5 Å². The molecule has 0 aromatic heterocycles. The number of esters is 4. The lowest BCUT2D eigenvalue weighted by molar-refractivity contribution is -0.161. The average molecular weight is 1440 g/mol. The maximum atomic E-state index is 13.1. The maximum Gasteiger partial charge on any atom is 0.472 e. The summed E-state index contributed by atoms with van der Waals surface area (Å²) in [4.78, 5) is 72.6. The molecule has 0 fully saturated rings. The van der Waals surface area contributed by atoms with Crippen LogP contribution >= 0.6 is 15.6 Å². The van der Waals surface area contributed by atoms with E-state index >= 15 is 0 Å². The van der Waals surface area contributed by atoms with Crippen molar-refractivity contribution < 1.29 is 80.2 Å². The first-order valence-electron chi connectivity index (χ1n) is 41.1. The second-order valence-electron chi connectivity index (χ2n) is 28.9. The number of phosphoric ester groups is 2. The summed E-state index contributed by atoms with van der Waals surface area (Å²) >= 11 is 0. The summed E-state index contributed by atoms with van der Waals surface area (Å²) in [7, 11) is -9.90. The Kier molecular flexibility index (Phi) is 70.6. The van der Waals surface area contributed by atoms with E-state index in [9.17, 15) is 43.2 Å². The highest BCUT2D eigenvalue weighted by molar-refractivity contribution is 7.47. The molecule has 0 aliphatic carbocycles. The molecular formula is C79H154O17P2. The molecule has 2 unspecified atom stereocenters. The summed E-state index contributed by atoms with van der Waals surface area (Å²) in [5.41, 5.74) is 0. The molecule has 3 N–H and O–H groups in total. The van der Waals surface area contributed by atoms with Crippen LogP contribution in [0.2, 0.25) is 0 Å². The lowest BCUT2D eigenvalue weighted by Crippen LogP contribution is -2.30. The predicted molar refractivity (Wildman–Crippen MR) is 400 cm³/mol. The fourth-order valence-electron chi connectivity index (χ4n) is 12.2. The molecule has 19 heteroatoms. The molecule has 0 aromatic carbocycles. The van der Waals surface area contributed by atoms with Gasteiger partial charge in [0.25, 0.3) is 0 Å². The van der Waals surface area contributed by atoms with Crippen molar-refractivity contribution in [1.29, 1.82) is 0 Å². The van der Waals surface area contributed by atoms with Gasteiger partial charge in [-0.25, -0.2) is 9.13 Å². The van der Waals surface area contributed by atoms with E-state index in [0.29, 0.717) is 25.7 Å². The minimum Gasteiger partial charge on any atom is -0.462 e. The van der Waals surface area contributed by atoms with Gasteiger partial charge in [-0.1, -0.05) is 369 Å². The molecule has 0 radical (unpaired) electrons. The number of hydrogen-bond donors (Lipinski definition) is 3. The Labute approximate surface area is 600 Å². The molecule has 0 aromatic rings. The monoisotopic (exact) mass is 1440 g/mol. The zero-order valence-corrected chi connectivity index (χ0v) is 65.7. The molecule has 0 rings (SSSR count). The van der Waals surface area contributed by atoms with E-state index in [1.165, 1.54) is 238 Å². The predicted octanol–water partition coefficient (Wildman–Crippen LogP) is 23.6. The molecule has 0 heterocycles. The van der Waals surface area contributed by atoms with Crippen LogP contribution in [0.5, 0.6) is 0 Å². The minimum absolute atomic E-state index is 0.106. The molecule has 0 spiro atoms. The normalized spacial score (nSPS) is 13.9. The fraction of sp³-hybridized carbons (Fsp3) is 0.949. The first kappa shape index (κ1) is 96.1. The van der Waals surface area contributed by atoms with Crippen LogP contribution in [0.1, 0.15) is 420 Å². The zero-order valence-electron chi connectivity index (χ0n) is 63.9. The Morgan fingerprint density at radius 3 is 0.694 bits per heavy atom. The van der Waals surface area contributed by atoms with Gasteiger partial charge < -0.3 is 33.8 Å². The number of ether oxygens (including phenoxy) is 4. The first-order valence-corrected chi connectivity index (χ1v) is 44.1. The number of aliphatic hydroxyl groups excluding tert-OH is 1. The van der Waals surface area contributed by atoms with Crippen LogP contribution in [-0.4, -0.2) is 96.7 Å². The molecule has 0 saturated heterocycles. The van der Waals surface area contributed by atoms with Gasteiger partial charge in [0.1, 0.15) is 19.3 Å². The second-order valence-corrected chi connectivity index (χ2v) is 31.8. The number of aliphatic hydroxyl groups is 1. The van der Waals surface area contributed by atoms with Crippen LogP contribution in [0.25, 0.3) is 0 Å². The van der Waals surface area contributed by atoms with Crippen LogP contribution < -0.4 is 0 Å². The highest BCUT2D eigenvalue weighted by atomic mass is 31.2. The van der Waals surface area contributed by atoms with Crippen molar-refractivity contribution in [3.8, 4) is 0 Å². The Morgan fingerprint density at radius 1 is 0.276 bits per heavy atom. The lowest BCUT2D eigenvalue weighted by atomic mass is 10.0. The van der Waals surface area contributed by atoms with Crippen molar-refractivity contribution in [2.75, 3.05) is 39.6 Å². The number of carbonyl (C=O) groups is 4. The molecule has 0 bridgehead atoms. The van der Waals surface area contributed by atoms with Crippen LogP contribution in [0.15, 0.2) is 0 Å². The molecule has 0 amide bonds. The van der Waals surface area contributed by atoms with Crippen LogP contribution in [0, 0.1) is 5.92 Å².